The van der Waals surface area contributed by atoms with E-state index < -0.39 is 0 Å². The molecule has 1 amide bonds. The molecular formula is C19H18ClNO3S. The number of fused-ring (bicyclic) bond motifs is 1. The topological polar surface area (TPSA) is 51.5 Å². The number of hydrogen-bond donors (Lipinski definition) is 1. The predicted molar refractivity (Wildman–Crippen MR) is 102 cm³/mol. The summed E-state index contributed by atoms with van der Waals surface area (Å²) in [4.78, 5) is 13.6. The van der Waals surface area contributed by atoms with Gasteiger partial charge in [0.2, 0.25) is 0 Å². The second kappa shape index (κ2) is 7.42. The van der Waals surface area contributed by atoms with E-state index in [2.05, 4.69) is 5.32 Å². The minimum Gasteiger partial charge on any atom is -0.493 e. The van der Waals surface area contributed by atoms with Gasteiger partial charge in [-0.25, -0.2) is 0 Å². The summed E-state index contributed by atoms with van der Waals surface area (Å²) in [6.45, 7) is 1.87. The van der Waals surface area contributed by atoms with E-state index in [-0.39, 0.29) is 11.9 Å². The van der Waals surface area contributed by atoms with Gasteiger partial charge >= 0.3 is 0 Å². The largest absolute Gasteiger partial charge is 0.493 e. The molecule has 0 fully saturated rings. The van der Waals surface area contributed by atoms with Gasteiger partial charge in [0.25, 0.3) is 5.91 Å². The van der Waals surface area contributed by atoms with Crippen molar-refractivity contribution in [1.29, 1.82) is 0 Å². The van der Waals surface area contributed by atoms with Crippen LogP contribution >= 0.6 is 23.4 Å². The van der Waals surface area contributed by atoms with Gasteiger partial charge < -0.3 is 14.5 Å². The minimum atomic E-state index is -0.307. The number of thioether (sulfide) groups is 1. The van der Waals surface area contributed by atoms with Crippen LogP contribution in [0.3, 0.4) is 0 Å². The number of carbonyl (C=O) groups excluding carboxylic acids is 1. The fraction of sp³-hybridized carbons (Fsp3) is 0.211. The average Bonchev–Trinajstić information content (AvgIpc) is 3.06. The van der Waals surface area contributed by atoms with Crippen molar-refractivity contribution in [2.75, 3.05) is 13.4 Å². The maximum absolute atomic E-state index is 12.6. The van der Waals surface area contributed by atoms with Gasteiger partial charge in [-0.2, -0.15) is 0 Å². The number of methoxy groups -OCH3 is 1. The fourth-order valence-corrected chi connectivity index (χ4v) is 3.22. The summed E-state index contributed by atoms with van der Waals surface area (Å²) in [7, 11) is 1.60. The maximum Gasteiger partial charge on any atom is 0.253 e. The monoisotopic (exact) mass is 375 g/mol. The van der Waals surface area contributed by atoms with E-state index in [0.717, 1.165) is 10.3 Å². The number of para-hydroxylation sites is 1. The highest BCUT2D eigenvalue weighted by Crippen LogP contribution is 2.31. The van der Waals surface area contributed by atoms with Gasteiger partial charge in [0, 0.05) is 10.3 Å². The maximum atomic E-state index is 12.6. The molecule has 0 aliphatic heterocycles. The number of nitrogens with one attached hydrogen (secondary N) is 1. The van der Waals surface area contributed by atoms with Crippen molar-refractivity contribution in [3.8, 4) is 5.75 Å². The van der Waals surface area contributed by atoms with Crippen LogP contribution in [-0.2, 0) is 0 Å². The zero-order valence-electron chi connectivity index (χ0n) is 14.1. The first kappa shape index (κ1) is 17.7. The molecule has 3 aromatic rings. The molecule has 130 valence electrons. The standard InChI is InChI=1S/C19H18ClNO3S/c1-11(17-9-12-5-4-6-16(23-2)18(12)24-17)21-19(22)14-10-13(25-3)7-8-15(14)20/h4-11H,1-3H3,(H,21,22). The molecule has 1 aromatic heterocycles. The number of furan rings is 1. The van der Waals surface area contributed by atoms with Crippen molar-refractivity contribution in [3.05, 3.63) is 58.8 Å². The van der Waals surface area contributed by atoms with E-state index in [1.54, 1.807) is 31.0 Å². The number of hydrogen-bond acceptors (Lipinski definition) is 4. The van der Waals surface area contributed by atoms with Crippen LogP contribution in [0.2, 0.25) is 5.02 Å². The summed E-state index contributed by atoms with van der Waals surface area (Å²) in [5.41, 5.74) is 1.12. The number of amides is 1. The summed E-state index contributed by atoms with van der Waals surface area (Å²) in [6.07, 6.45) is 1.95. The Kier molecular flexibility index (Phi) is 5.25. The number of halogens is 1. The third kappa shape index (κ3) is 3.62. The second-order valence-corrected chi connectivity index (χ2v) is 6.86. The highest BCUT2D eigenvalue weighted by molar-refractivity contribution is 7.98. The SMILES string of the molecule is COc1cccc2cc(C(C)NC(=O)c3cc(SC)ccc3Cl)oc12. The zero-order chi connectivity index (χ0) is 18.0. The van der Waals surface area contributed by atoms with Crippen molar-refractivity contribution < 1.29 is 13.9 Å². The summed E-state index contributed by atoms with van der Waals surface area (Å²) < 4.78 is 11.2. The molecule has 0 saturated carbocycles. The lowest BCUT2D eigenvalue weighted by atomic mass is 10.1. The van der Waals surface area contributed by atoms with Crippen molar-refractivity contribution in [2.45, 2.75) is 17.9 Å². The molecule has 4 nitrogen and oxygen atoms in total. The van der Waals surface area contributed by atoms with Crippen LogP contribution in [0.25, 0.3) is 11.0 Å². The molecule has 0 saturated heterocycles. The Morgan fingerprint density at radius 2 is 2.08 bits per heavy atom. The highest BCUT2D eigenvalue weighted by atomic mass is 35.5. The Hall–Kier alpha value is -2.11. The second-order valence-electron chi connectivity index (χ2n) is 5.57. The van der Waals surface area contributed by atoms with Crippen molar-refractivity contribution in [3.63, 3.8) is 0 Å². The first-order chi connectivity index (χ1) is 12.0. The molecule has 0 spiro atoms. The normalized spacial score (nSPS) is 12.2. The Balaban J connectivity index is 1.85. The summed E-state index contributed by atoms with van der Waals surface area (Å²) >= 11 is 7.73. The van der Waals surface area contributed by atoms with Crippen molar-refractivity contribution in [1.82, 2.24) is 5.32 Å². The quantitative estimate of drug-likeness (QED) is 0.614. The molecule has 0 aliphatic carbocycles. The van der Waals surface area contributed by atoms with Crippen molar-refractivity contribution >= 4 is 40.2 Å². The van der Waals surface area contributed by atoms with Gasteiger partial charge in [0.05, 0.1) is 23.7 Å². The molecule has 1 N–H and O–H groups in total. The molecular weight excluding hydrogens is 358 g/mol. The number of ether oxygens (including phenoxy) is 1. The smallest absolute Gasteiger partial charge is 0.253 e. The van der Waals surface area contributed by atoms with Gasteiger partial charge in [-0.15, -0.1) is 11.8 Å². The van der Waals surface area contributed by atoms with Crippen LogP contribution in [0.5, 0.6) is 5.75 Å². The first-order valence-corrected chi connectivity index (χ1v) is 9.34. The van der Waals surface area contributed by atoms with Gasteiger partial charge in [-0.05, 0) is 43.5 Å². The molecule has 0 radical (unpaired) electrons. The Morgan fingerprint density at radius 1 is 1.28 bits per heavy atom. The summed E-state index contributed by atoms with van der Waals surface area (Å²) in [5.74, 6) is 1.09. The third-order valence-corrected chi connectivity index (χ3v) is 4.99. The van der Waals surface area contributed by atoms with E-state index in [1.807, 2.05) is 43.5 Å². The Morgan fingerprint density at radius 3 is 2.80 bits per heavy atom. The lowest BCUT2D eigenvalue weighted by Gasteiger charge is -2.13. The third-order valence-electron chi connectivity index (χ3n) is 3.94. The molecule has 1 atom stereocenters. The zero-order valence-corrected chi connectivity index (χ0v) is 15.7. The predicted octanol–water partition coefficient (Wildman–Crippen LogP) is 5.31. The van der Waals surface area contributed by atoms with Crippen LogP contribution in [0, 0.1) is 0 Å². The highest BCUT2D eigenvalue weighted by Gasteiger charge is 2.18. The average molecular weight is 376 g/mol. The van der Waals surface area contributed by atoms with E-state index in [4.69, 9.17) is 20.8 Å². The fourth-order valence-electron chi connectivity index (χ4n) is 2.58. The molecule has 2 aromatic carbocycles. The van der Waals surface area contributed by atoms with Gasteiger partial charge in [0.1, 0.15) is 5.76 Å². The van der Waals surface area contributed by atoms with E-state index in [1.165, 1.54) is 0 Å². The van der Waals surface area contributed by atoms with Crippen LogP contribution in [0.4, 0.5) is 0 Å². The van der Waals surface area contributed by atoms with E-state index in [9.17, 15) is 4.79 Å². The molecule has 25 heavy (non-hydrogen) atoms. The van der Waals surface area contributed by atoms with Gasteiger partial charge in [0.15, 0.2) is 11.3 Å². The summed E-state index contributed by atoms with van der Waals surface area (Å²) in [6, 6.07) is 12.7. The van der Waals surface area contributed by atoms with Crippen molar-refractivity contribution in [2.24, 2.45) is 0 Å². The van der Waals surface area contributed by atoms with Crippen LogP contribution in [-0.4, -0.2) is 19.3 Å². The minimum absolute atomic E-state index is 0.235. The van der Waals surface area contributed by atoms with Gasteiger partial charge in [-0.3, -0.25) is 4.79 Å². The molecule has 1 unspecified atom stereocenters. The first-order valence-electron chi connectivity index (χ1n) is 7.74. The molecule has 1 heterocycles. The molecule has 0 aliphatic rings. The van der Waals surface area contributed by atoms with E-state index in [0.29, 0.717) is 27.7 Å². The molecule has 6 heteroatoms. The molecule has 3 rings (SSSR count). The number of benzene rings is 2. The van der Waals surface area contributed by atoms with Crippen LogP contribution in [0.1, 0.15) is 29.1 Å². The lowest BCUT2D eigenvalue weighted by Crippen LogP contribution is -2.26. The van der Waals surface area contributed by atoms with Crippen LogP contribution in [0.15, 0.2) is 51.8 Å². The van der Waals surface area contributed by atoms with Crippen LogP contribution < -0.4 is 10.1 Å². The number of carbonyl (C=O) groups is 1. The Labute approximate surface area is 155 Å². The molecule has 0 bridgehead atoms. The van der Waals surface area contributed by atoms with Gasteiger partial charge in [-0.1, -0.05) is 23.7 Å². The Bertz CT molecular complexity index is 922. The summed E-state index contributed by atoms with van der Waals surface area (Å²) in [5, 5.41) is 4.29. The lowest BCUT2D eigenvalue weighted by molar-refractivity contribution is 0.0935. The van der Waals surface area contributed by atoms with E-state index >= 15 is 0 Å². The number of rotatable bonds is 5.